The Morgan fingerprint density at radius 3 is 1.83 bits per heavy atom. The van der Waals surface area contributed by atoms with Crippen LogP contribution < -0.4 is 4.90 Å². The molecule has 0 aliphatic rings. The first-order valence-electron chi connectivity index (χ1n) is 20.2. The van der Waals surface area contributed by atoms with E-state index in [1.807, 2.05) is 0 Å². The van der Waals surface area contributed by atoms with Crippen molar-refractivity contribution in [1.82, 2.24) is 4.57 Å². The smallest absolute Gasteiger partial charge is 0.143 e. The Morgan fingerprint density at radius 1 is 0.373 bits per heavy atom. The highest BCUT2D eigenvalue weighted by molar-refractivity contribution is 6.19. The Hall–Kier alpha value is -7.88. The summed E-state index contributed by atoms with van der Waals surface area (Å²) < 4.78 is 9.12. The number of hydrogen-bond acceptors (Lipinski definition) is 2. The number of benzene rings is 10. The standard InChI is InChI=1S/C56H36N2O/c1-2-13-38(14-3-1)45-22-10-16-40-27-28-41(35-50(40)45)37-29-32-42(33-30-37)57(53-25-12-26-54-55(53)49-34-31-39-15-4-5-19-46(39)56(49)59-54)43-17-11-18-44(36-43)58-51-23-8-6-20-47(51)48-21-7-9-24-52(48)58/h1-36H. The molecule has 12 aromatic rings. The number of furan rings is 1. The van der Waals surface area contributed by atoms with Crippen LogP contribution in [-0.2, 0) is 0 Å². The highest BCUT2D eigenvalue weighted by Crippen LogP contribution is 2.45. The largest absolute Gasteiger partial charge is 0.455 e. The number of anilines is 3. The van der Waals surface area contributed by atoms with Gasteiger partial charge >= 0.3 is 0 Å². The maximum absolute atomic E-state index is 6.73. The van der Waals surface area contributed by atoms with Gasteiger partial charge < -0.3 is 13.9 Å². The van der Waals surface area contributed by atoms with E-state index in [-0.39, 0.29) is 0 Å². The number of aromatic nitrogens is 1. The monoisotopic (exact) mass is 752 g/mol. The summed E-state index contributed by atoms with van der Waals surface area (Å²) >= 11 is 0. The van der Waals surface area contributed by atoms with Crippen molar-refractivity contribution in [3.8, 4) is 27.9 Å². The van der Waals surface area contributed by atoms with Crippen LogP contribution in [0.2, 0.25) is 0 Å². The molecule has 0 bridgehead atoms. The van der Waals surface area contributed by atoms with Gasteiger partial charge in [0.15, 0.2) is 0 Å². The van der Waals surface area contributed by atoms with Crippen molar-refractivity contribution in [1.29, 1.82) is 0 Å². The van der Waals surface area contributed by atoms with Gasteiger partial charge in [-0.25, -0.2) is 0 Å². The first-order chi connectivity index (χ1) is 29.3. The van der Waals surface area contributed by atoms with Crippen LogP contribution in [0.1, 0.15) is 0 Å². The van der Waals surface area contributed by atoms with Crippen LogP contribution in [0.5, 0.6) is 0 Å². The lowest BCUT2D eigenvalue weighted by atomic mass is 9.95. The molecule has 276 valence electrons. The summed E-state index contributed by atoms with van der Waals surface area (Å²) in [6.45, 7) is 0. The third-order valence-corrected chi connectivity index (χ3v) is 12.0. The van der Waals surface area contributed by atoms with Gasteiger partial charge in [0.05, 0.1) is 22.1 Å². The zero-order chi connectivity index (χ0) is 38.9. The molecule has 10 aromatic carbocycles. The van der Waals surface area contributed by atoms with Crippen LogP contribution in [0.3, 0.4) is 0 Å². The molecular weight excluding hydrogens is 717 g/mol. The molecule has 2 heterocycles. The Kier molecular flexibility index (Phi) is 7.54. The van der Waals surface area contributed by atoms with Crippen molar-refractivity contribution in [2.24, 2.45) is 0 Å². The topological polar surface area (TPSA) is 21.3 Å². The minimum absolute atomic E-state index is 0.861. The Morgan fingerprint density at radius 2 is 1.02 bits per heavy atom. The molecule has 3 nitrogen and oxygen atoms in total. The molecule has 0 spiro atoms. The number of para-hydroxylation sites is 2. The highest BCUT2D eigenvalue weighted by atomic mass is 16.3. The predicted molar refractivity (Wildman–Crippen MR) is 249 cm³/mol. The van der Waals surface area contributed by atoms with E-state index in [0.29, 0.717) is 0 Å². The summed E-state index contributed by atoms with van der Waals surface area (Å²) in [5.74, 6) is 0. The van der Waals surface area contributed by atoms with Gasteiger partial charge in [-0.05, 0) is 105 Å². The molecule has 0 amide bonds. The zero-order valence-electron chi connectivity index (χ0n) is 32.1. The molecule has 0 unspecified atom stereocenters. The average Bonchev–Trinajstić information content (AvgIpc) is 3.86. The summed E-state index contributed by atoms with van der Waals surface area (Å²) in [5, 5.41) is 9.42. The van der Waals surface area contributed by atoms with Crippen LogP contribution in [0, 0.1) is 0 Å². The van der Waals surface area contributed by atoms with Gasteiger partial charge in [-0.3, -0.25) is 0 Å². The fourth-order valence-corrected chi connectivity index (χ4v) is 9.25. The summed E-state index contributed by atoms with van der Waals surface area (Å²) in [7, 11) is 0. The fraction of sp³-hybridized carbons (Fsp3) is 0. The number of rotatable bonds is 6. The van der Waals surface area contributed by atoms with Gasteiger partial charge in [0.1, 0.15) is 11.2 Å². The lowest BCUT2D eigenvalue weighted by molar-refractivity contribution is 0.672. The third kappa shape index (κ3) is 5.36. The summed E-state index contributed by atoms with van der Waals surface area (Å²) in [5.41, 5.74) is 13.2. The summed E-state index contributed by atoms with van der Waals surface area (Å²) in [4.78, 5) is 2.39. The average molecular weight is 753 g/mol. The van der Waals surface area contributed by atoms with E-state index in [1.165, 1.54) is 49.3 Å². The normalized spacial score (nSPS) is 11.7. The molecule has 2 aromatic heterocycles. The van der Waals surface area contributed by atoms with Crippen molar-refractivity contribution >= 4 is 82.4 Å². The van der Waals surface area contributed by atoms with Gasteiger partial charge in [-0.2, -0.15) is 0 Å². The zero-order valence-corrected chi connectivity index (χ0v) is 32.1. The molecule has 59 heavy (non-hydrogen) atoms. The van der Waals surface area contributed by atoms with E-state index in [9.17, 15) is 0 Å². The molecule has 12 rings (SSSR count). The third-order valence-electron chi connectivity index (χ3n) is 12.0. The van der Waals surface area contributed by atoms with Crippen LogP contribution in [0.25, 0.3) is 93.2 Å². The molecule has 0 aliphatic heterocycles. The van der Waals surface area contributed by atoms with Crippen LogP contribution in [0.4, 0.5) is 17.1 Å². The van der Waals surface area contributed by atoms with Crippen molar-refractivity contribution in [3.05, 3.63) is 218 Å². The molecule has 3 heteroatoms. The van der Waals surface area contributed by atoms with Crippen molar-refractivity contribution in [2.45, 2.75) is 0 Å². The quantitative estimate of drug-likeness (QED) is 0.169. The molecule has 0 saturated heterocycles. The maximum atomic E-state index is 6.73. The van der Waals surface area contributed by atoms with Crippen LogP contribution in [0.15, 0.2) is 223 Å². The SMILES string of the molecule is c1ccc(-c2cccc3ccc(-c4ccc(N(c5cccc(-n6c7ccccc7c7ccccc76)c5)c5cccc6oc7c8ccccc8ccc7c56)cc4)cc23)cc1. The lowest BCUT2D eigenvalue weighted by Crippen LogP contribution is -2.11. The highest BCUT2D eigenvalue weighted by Gasteiger charge is 2.22. The summed E-state index contributed by atoms with van der Waals surface area (Å²) in [6.07, 6.45) is 0. The second kappa shape index (κ2) is 13.4. The Bertz CT molecular complexity index is 3500. The van der Waals surface area contributed by atoms with Gasteiger partial charge in [0.2, 0.25) is 0 Å². The number of nitrogens with zero attached hydrogens (tertiary/aromatic N) is 2. The predicted octanol–water partition coefficient (Wildman–Crippen LogP) is 15.8. The summed E-state index contributed by atoms with van der Waals surface area (Å²) in [6, 6.07) is 78.7. The first kappa shape index (κ1) is 33.3. The van der Waals surface area contributed by atoms with Gasteiger partial charge in [0.25, 0.3) is 0 Å². The minimum Gasteiger partial charge on any atom is -0.455 e. The van der Waals surface area contributed by atoms with E-state index in [1.54, 1.807) is 0 Å². The Labute approximate surface area is 341 Å². The van der Waals surface area contributed by atoms with E-state index in [4.69, 9.17) is 4.42 Å². The van der Waals surface area contributed by atoms with Gasteiger partial charge in [0, 0.05) is 38.6 Å². The van der Waals surface area contributed by atoms with E-state index < -0.39 is 0 Å². The first-order valence-corrected chi connectivity index (χ1v) is 20.2. The molecule has 0 saturated carbocycles. The molecule has 0 radical (unpaired) electrons. The molecule has 0 aliphatic carbocycles. The second-order valence-corrected chi connectivity index (χ2v) is 15.3. The number of hydrogen-bond donors (Lipinski definition) is 0. The molecule has 0 N–H and O–H groups in total. The van der Waals surface area contributed by atoms with Crippen molar-refractivity contribution in [2.75, 3.05) is 4.90 Å². The van der Waals surface area contributed by atoms with Gasteiger partial charge in [-0.15, -0.1) is 0 Å². The van der Waals surface area contributed by atoms with Crippen LogP contribution >= 0.6 is 0 Å². The van der Waals surface area contributed by atoms with Crippen molar-refractivity contribution < 1.29 is 4.42 Å². The second-order valence-electron chi connectivity index (χ2n) is 15.3. The number of fused-ring (bicyclic) bond motifs is 9. The maximum Gasteiger partial charge on any atom is 0.143 e. The van der Waals surface area contributed by atoms with E-state index in [0.717, 1.165) is 61.0 Å². The van der Waals surface area contributed by atoms with E-state index in [2.05, 4.69) is 228 Å². The van der Waals surface area contributed by atoms with Crippen LogP contribution in [-0.4, -0.2) is 4.57 Å². The molecular formula is C56H36N2O. The fourth-order valence-electron chi connectivity index (χ4n) is 9.25. The Balaban J connectivity index is 1.05. The van der Waals surface area contributed by atoms with E-state index >= 15 is 0 Å². The molecule has 0 atom stereocenters. The van der Waals surface area contributed by atoms with Gasteiger partial charge in [-0.1, -0.05) is 152 Å². The lowest BCUT2D eigenvalue weighted by Gasteiger charge is -2.27. The minimum atomic E-state index is 0.861. The molecule has 0 fully saturated rings. The van der Waals surface area contributed by atoms with Crippen molar-refractivity contribution in [3.63, 3.8) is 0 Å².